The minimum Gasteiger partial charge on any atom is -0.490 e. The van der Waals surface area contributed by atoms with Gasteiger partial charge in [0.1, 0.15) is 18.4 Å². The van der Waals surface area contributed by atoms with E-state index in [4.69, 9.17) is 25.8 Å². The molecule has 0 radical (unpaired) electrons. The van der Waals surface area contributed by atoms with Gasteiger partial charge in [0.05, 0.1) is 24.3 Å². The fourth-order valence-corrected chi connectivity index (χ4v) is 2.41. The number of morpholine rings is 1. The minimum atomic E-state index is -0.370. The van der Waals surface area contributed by atoms with Crippen molar-refractivity contribution < 1.29 is 19.0 Å². The number of nitrogens with one attached hydrogen (secondary N) is 2. The van der Waals surface area contributed by atoms with Gasteiger partial charge in [-0.2, -0.15) is 0 Å². The van der Waals surface area contributed by atoms with Crippen LogP contribution >= 0.6 is 11.6 Å². The summed E-state index contributed by atoms with van der Waals surface area (Å²) in [5.74, 6) is 0.417. The molecule has 1 saturated heterocycles. The van der Waals surface area contributed by atoms with Crippen LogP contribution in [0.25, 0.3) is 0 Å². The fraction of sp³-hybridized carbons (Fsp3) is 0.533. The maximum atomic E-state index is 12.2. The van der Waals surface area contributed by atoms with Gasteiger partial charge in [0.2, 0.25) is 5.91 Å². The first-order valence-corrected chi connectivity index (χ1v) is 7.56. The highest BCUT2D eigenvalue weighted by molar-refractivity contribution is 6.32. The predicted octanol–water partition coefficient (Wildman–Crippen LogP) is 1.68. The molecular formula is C15H21ClN2O4. The first kappa shape index (κ1) is 17.0. The number of ether oxygens (including phenoxy) is 3. The van der Waals surface area contributed by atoms with Crippen molar-refractivity contribution >= 4 is 23.2 Å². The molecule has 122 valence electrons. The number of hydrogen-bond donors (Lipinski definition) is 2. The molecule has 0 bridgehead atoms. The number of benzene rings is 1. The van der Waals surface area contributed by atoms with Gasteiger partial charge < -0.3 is 24.8 Å². The van der Waals surface area contributed by atoms with E-state index in [-0.39, 0.29) is 18.1 Å². The molecule has 0 aliphatic carbocycles. The van der Waals surface area contributed by atoms with Crippen LogP contribution in [0.1, 0.15) is 6.92 Å². The number of methoxy groups -OCH3 is 1. The van der Waals surface area contributed by atoms with Gasteiger partial charge in [0.25, 0.3) is 0 Å². The summed E-state index contributed by atoms with van der Waals surface area (Å²) in [6.07, 6.45) is -0.166. The van der Waals surface area contributed by atoms with Gasteiger partial charge in [-0.05, 0) is 25.1 Å². The van der Waals surface area contributed by atoms with Gasteiger partial charge in [0.15, 0.2) is 0 Å². The summed E-state index contributed by atoms with van der Waals surface area (Å²) in [4.78, 5) is 12.2. The molecule has 2 atom stereocenters. The molecule has 1 aliphatic heterocycles. The normalized spacial score (nSPS) is 21.4. The molecule has 0 aromatic heterocycles. The summed E-state index contributed by atoms with van der Waals surface area (Å²) < 4.78 is 15.8. The lowest BCUT2D eigenvalue weighted by Crippen LogP contribution is -2.53. The van der Waals surface area contributed by atoms with E-state index in [0.29, 0.717) is 42.8 Å². The molecule has 1 aromatic carbocycles. The largest absolute Gasteiger partial charge is 0.490 e. The quantitative estimate of drug-likeness (QED) is 0.778. The van der Waals surface area contributed by atoms with E-state index >= 15 is 0 Å². The summed E-state index contributed by atoms with van der Waals surface area (Å²) in [6.45, 7) is 4.05. The maximum Gasteiger partial charge on any atom is 0.244 e. The van der Waals surface area contributed by atoms with E-state index in [1.165, 1.54) is 0 Å². The van der Waals surface area contributed by atoms with Gasteiger partial charge in [-0.15, -0.1) is 0 Å². The van der Waals surface area contributed by atoms with Crippen LogP contribution in [0.2, 0.25) is 5.02 Å². The molecule has 2 rings (SSSR count). The monoisotopic (exact) mass is 328 g/mol. The highest BCUT2D eigenvalue weighted by Gasteiger charge is 2.28. The zero-order valence-corrected chi connectivity index (χ0v) is 13.5. The molecule has 1 heterocycles. The Morgan fingerprint density at radius 1 is 1.50 bits per heavy atom. The summed E-state index contributed by atoms with van der Waals surface area (Å²) in [5.41, 5.74) is 0.619. The zero-order chi connectivity index (χ0) is 15.9. The van der Waals surface area contributed by atoms with E-state index < -0.39 is 0 Å². The van der Waals surface area contributed by atoms with Crippen LogP contribution in [0.15, 0.2) is 18.2 Å². The molecule has 1 aromatic rings. The summed E-state index contributed by atoms with van der Waals surface area (Å²) >= 11 is 6.15. The van der Waals surface area contributed by atoms with Crippen LogP contribution in [0.5, 0.6) is 5.75 Å². The van der Waals surface area contributed by atoms with E-state index in [9.17, 15) is 4.79 Å². The minimum absolute atomic E-state index is 0.142. The average molecular weight is 329 g/mol. The number of carbonyl (C=O) groups is 1. The van der Waals surface area contributed by atoms with Gasteiger partial charge in [-0.1, -0.05) is 11.6 Å². The number of anilines is 1. The third-order valence-electron chi connectivity index (χ3n) is 3.34. The lowest BCUT2D eigenvalue weighted by molar-refractivity contribution is -0.123. The number of halogens is 1. The molecule has 0 saturated carbocycles. The Hall–Kier alpha value is -1.34. The van der Waals surface area contributed by atoms with E-state index in [0.717, 1.165) is 0 Å². The summed E-state index contributed by atoms with van der Waals surface area (Å²) in [7, 11) is 1.60. The van der Waals surface area contributed by atoms with Crippen molar-refractivity contribution in [1.82, 2.24) is 5.32 Å². The molecule has 1 aliphatic rings. The molecule has 22 heavy (non-hydrogen) atoms. The topological polar surface area (TPSA) is 68.8 Å². The van der Waals surface area contributed by atoms with Gasteiger partial charge in [-0.25, -0.2) is 0 Å². The standard InChI is InChI=1S/C15H21ClN2O4/c1-10-14(17-5-6-21-10)15(19)18-11-3-4-13(12(16)9-11)22-8-7-20-2/h3-4,9-10,14,17H,5-8H2,1-2H3,(H,18,19)/t10-,14+/m1/s1. The highest BCUT2D eigenvalue weighted by atomic mass is 35.5. The Morgan fingerprint density at radius 3 is 3.00 bits per heavy atom. The molecule has 2 N–H and O–H groups in total. The first-order valence-electron chi connectivity index (χ1n) is 7.19. The predicted molar refractivity (Wildman–Crippen MR) is 84.7 cm³/mol. The molecular weight excluding hydrogens is 308 g/mol. The van der Waals surface area contributed by atoms with E-state index in [1.54, 1.807) is 25.3 Å². The van der Waals surface area contributed by atoms with Crippen molar-refractivity contribution in [3.05, 3.63) is 23.2 Å². The second kappa shape index (κ2) is 8.33. The SMILES string of the molecule is COCCOc1ccc(NC(=O)[C@H]2NCCO[C@@H]2C)cc1Cl. The number of amides is 1. The maximum absolute atomic E-state index is 12.2. The number of carbonyl (C=O) groups excluding carboxylic acids is 1. The summed E-state index contributed by atoms with van der Waals surface area (Å²) in [5, 5.41) is 6.41. The van der Waals surface area contributed by atoms with E-state index in [2.05, 4.69) is 10.6 Å². The lowest BCUT2D eigenvalue weighted by Gasteiger charge is -2.29. The second-order valence-electron chi connectivity index (χ2n) is 4.98. The van der Waals surface area contributed by atoms with Crippen LogP contribution in [0.4, 0.5) is 5.69 Å². The van der Waals surface area contributed by atoms with Crippen molar-refractivity contribution in [2.24, 2.45) is 0 Å². The van der Waals surface area contributed by atoms with Crippen molar-refractivity contribution in [1.29, 1.82) is 0 Å². The number of rotatable bonds is 6. The Kier molecular flexibility index (Phi) is 6.45. The highest BCUT2D eigenvalue weighted by Crippen LogP contribution is 2.27. The lowest BCUT2D eigenvalue weighted by atomic mass is 10.1. The molecule has 1 fully saturated rings. The zero-order valence-electron chi connectivity index (χ0n) is 12.7. The van der Waals surface area contributed by atoms with Gasteiger partial charge >= 0.3 is 0 Å². The van der Waals surface area contributed by atoms with Crippen molar-refractivity contribution in [2.75, 3.05) is 38.8 Å². The Bertz CT molecular complexity index is 512. The molecule has 1 amide bonds. The second-order valence-corrected chi connectivity index (χ2v) is 5.39. The molecule has 0 unspecified atom stereocenters. The Morgan fingerprint density at radius 2 is 2.32 bits per heavy atom. The van der Waals surface area contributed by atoms with Crippen LogP contribution in [-0.2, 0) is 14.3 Å². The van der Waals surface area contributed by atoms with Crippen molar-refractivity contribution in [3.8, 4) is 5.75 Å². The molecule has 0 spiro atoms. The summed E-state index contributed by atoms with van der Waals surface area (Å²) in [6, 6.07) is 4.77. The smallest absolute Gasteiger partial charge is 0.244 e. The Labute approximate surface area is 135 Å². The molecule has 6 nitrogen and oxygen atoms in total. The Balaban J connectivity index is 1.95. The van der Waals surface area contributed by atoms with E-state index in [1.807, 2.05) is 6.92 Å². The molecule has 7 heteroatoms. The fourth-order valence-electron chi connectivity index (χ4n) is 2.18. The van der Waals surface area contributed by atoms with Gasteiger partial charge in [0, 0.05) is 19.3 Å². The third-order valence-corrected chi connectivity index (χ3v) is 3.64. The van der Waals surface area contributed by atoms with Crippen molar-refractivity contribution in [2.45, 2.75) is 19.1 Å². The number of hydrogen-bond acceptors (Lipinski definition) is 5. The van der Waals surface area contributed by atoms with Crippen molar-refractivity contribution in [3.63, 3.8) is 0 Å². The average Bonchev–Trinajstić information content (AvgIpc) is 2.50. The van der Waals surface area contributed by atoms with Crippen LogP contribution in [0, 0.1) is 0 Å². The van der Waals surface area contributed by atoms with Crippen LogP contribution < -0.4 is 15.4 Å². The van der Waals surface area contributed by atoms with Gasteiger partial charge in [-0.3, -0.25) is 4.79 Å². The van der Waals surface area contributed by atoms with Crippen LogP contribution in [-0.4, -0.2) is 51.5 Å². The van der Waals surface area contributed by atoms with Crippen LogP contribution in [0.3, 0.4) is 0 Å². The first-order chi connectivity index (χ1) is 10.6. The third kappa shape index (κ3) is 4.58.